The van der Waals surface area contributed by atoms with Gasteiger partial charge in [0.2, 0.25) is 0 Å². The number of carboxylic acids is 1. The van der Waals surface area contributed by atoms with Gasteiger partial charge in [0.15, 0.2) is 0 Å². The van der Waals surface area contributed by atoms with Crippen LogP contribution in [0.5, 0.6) is 0 Å². The molecule has 0 atom stereocenters. The van der Waals surface area contributed by atoms with Crippen LogP contribution in [0.25, 0.3) is 0 Å². The van der Waals surface area contributed by atoms with Gasteiger partial charge in [0.1, 0.15) is 0 Å². The van der Waals surface area contributed by atoms with Crippen LogP contribution in [0.2, 0.25) is 0 Å². The zero-order valence-electron chi connectivity index (χ0n) is 6.76. The van der Waals surface area contributed by atoms with Crippen molar-refractivity contribution in [3.05, 3.63) is 34.9 Å². The van der Waals surface area contributed by atoms with Crippen molar-refractivity contribution in [1.82, 2.24) is 0 Å². The van der Waals surface area contributed by atoms with E-state index in [1.165, 1.54) is 0 Å². The van der Waals surface area contributed by atoms with E-state index in [4.69, 9.17) is 5.11 Å². The van der Waals surface area contributed by atoms with Crippen LogP contribution in [0, 0.1) is 0 Å². The molecule has 1 rings (SSSR count). The molecular weight excluding hydrogens is 347 g/mol. The van der Waals surface area contributed by atoms with Crippen LogP contribution >= 0.6 is 38.5 Å². The molecule has 0 aliphatic rings. The number of benzene rings is 1. The minimum atomic E-state index is -0.846. The number of carboxylic acid groups (broad SMARTS) is 1. The second kappa shape index (κ2) is 4.95. The van der Waals surface area contributed by atoms with E-state index in [2.05, 4.69) is 38.5 Å². The Morgan fingerprint density at radius 1 is 1.46 bits per heavy atom. The smallest absolute Gasteiger partial charge is 0.336 e. The fourth-order valence-corrected chi connectivity index (χ4v) is 2.25. The quantitative estimate of drug-likeness (QED) is 0.668. The van der Waals surface area contributed by atoms with Crippen LogP contribution in [-0.2, 0) is 9.76 Å². The van der Waals surface area contributed by atoms with Crippen LogP contribution in [-0.4, -0.2) is 11.1 Å². The molecule has 0 fully saturated rings. The molecule has 0 spiro atoms. The Bertz CT molecular complexity index is 303. The highest BCUT2D eigenvalue weighted by atomic mass is 127. The lowest BCUT2D eigenvalue weighted by Crippen LogP contribution is -2.05. The molecule has 0 amide bonds. The molecule has 13 heavy (non-hydrogen) atoms. The summed E-state index contributed by atoms with van der Waals surface area (Å²) < 4.78 is 0.722. The molecule has 0 aliphatic heterocycles. The van der Waals surface area contributed by atoms with E-state index in [9.17, 15) is 4.79 Å². The van der Waals surface area contributed by atoms with Crippen molar-refractivity contribution >= 4 is 44.5 Å². The molecule has 0 saturated carbocycles. The molecule has 0 heterocycles. The third-order valence-corrected chi connectivity index (χ3v) is 3.16. The molecular formula is C9H8BrIO2. The molecule has 0 aromatic heterocycles. The summed E-state index contributed by atoms with van der Waals surface area (Å²) in [5.74, 6) is -0.846. The third kappa shape index (κ3) is 2.43. The van der Waals surface area contributed by atoms with Crippen LogP contribution in [0.3, 0.4) is 0 Å². The summed E-state index contributed by atoms with van der Waals surface area (Å²) in [6.07, 6.45) is 0. The average Bonchev–Trinajstić information content (AvgIpc) is 2.16. The largest absolute Gasteiger partial charge is 0.478 e. The minimum absolute atomic E-state index is 0.439. The topological polar surface area (TPSA) is 37.3 Å². The fraction of sp³-hybridized carbons (Fsp3) is 0.222. The highest BCUT2D eigenvalue weighted by molar-refractivity contribution is 14.1. The molecule has 1 aromatic rings. The van der Waals surface area contributed by atoms with E-state index in [1.54, 1.807) is 0 Å². The van der Waals surface area contributed by atoms with Gasteiger partial charge in [0.25, 0.3) is 0 Å². The standard InChI is InChI=1S/C9H8BrIO2/c10-4-6-2-1-3-7(5-11)8(6)9(12)13/h1-3H,4-5H2,(H,12,13). The number of aromatic carboxylic acids is 1. The Kier molecular flexibility index (Phi) is 4.18. The summed E-state index contributed by atoms with van der Waals surface area (Å²) in [5.41, 5.74) is 2.15. The Morgan fingerprint density at radius 2 is 2.08 bits per heavy atom. The lowest BCUT2D eigenvalue weighted by Gasteiger charge is -2.06. The first kappa shape index (κ1) is 11.0. The molecule has 4 heteroatoms. The van der Waals surface area contributed by atoms with Crippen molar-refractivity contribution in [2.24, 2.45) is 0 Å². The first-order chi connectivity index (χ1) is 6.20. The number of rotatable bonds is 3. The SMILES string of the molecule is O=C(O)c1c(CBr)cccc1CI. The first-order valence-corrected chi connectivity index (χ1v) is 6.31. The van der Waals surface area contributed by atoms with E-state index >= 15 is 0 Å². The van der Waals surface area contributed by atoms with Crippen molar-refractivity contribution in [1.29, 1.82) is 0 Å². The molecule has 0 aliphatic carbocycles. The van der Waals surface area contributed by atoms with Gasteiger partial charge >= 0.3 is 5.97 Å². The lowest BCUT2D eigenvalue weighted by atomic mass is 10.0. The van der Waals surface area contributed by atoms with Gasteiger partial charge in [-0.25, -0.2) is 4.79 Å². The molecule has 1 aromatic carbocycles. The van der Waals surface area contributed by atoms with Crippen molar-refractivity contribution < 1.29 is 9.90 Å². The monoisotopic (exact) mass is 354 g/mol. The van der Waals surface area contributed by atoms with Crippen LogP contribution in [0.4, 0.5) is 0 Å². The predicted octanol–water partition coefficient (Wildman–Crippen LogP) is 3.21. The summed E-state index contributed by atoms with van der Waals surface area (Å²) in [4.78, 5) is 10.9. The molecule has 1 N–H and O–H groups in total. The molecule has 0 radical (unpaired) electrons. The Balaban J connectivity index is 3.29. The summed E-state index contributed by atoms with van der Waals surface area (Å²) in [5, 5.41) is 9.57. The molecule has 0 saturated heterocycles. The summed E-state index contributed by atoms with van der Waals surface area (Å²) in [6.45, 7) is 0. The van der Waals surface area contributed by atoms with E-state index in [-0.39, 0.29) is 0 Å². The van der Waals surface area contributed by atoms with Gasteiger partial charge in [-0.2, -0.15) is 0 Å². The Labute approximate surface area is 98.6 Å². The number of alkyl halides is 2. The molecule has 70 valence electrons. The van der Waals surface area contributed by atoms with Gasteiger partial charge in [-0.05, 0) is 11.1 Å². The number of hydrogen-bond donors (Lipinski definition) is 1. The predicted molar refractivity (Wildman–Crippen MR) is 63.8 cm³/mol. The lowest BCUT2D eigenvalue weighted by molar-refractivity contribution is 0.0695. The zero-order valence-corrected chi connectivity index (χ0v) is 10.5. The maximum absolute atomic E-state index is 10.9. The van der Waals surface area contributed by atoms with Crippen molar-refractivity contribution in [3.8, 4) is 0 Å². The molecule has 0 bridgehead atoms. The molecule has 2 nitrogen and oxygen atoms in total. The minimum Gasteiger partial charge on any atom is -0.478 e. The highest BCUT2D eigenvalue weighted by Gasteiger charge is 2.13. The number of carbonyl (C=O) groups is 1. The van der Waals surface area contributed by atoms with Gasteiger partial charge in [-0.15, -0.1) is 0 Å². The second-order valence-electron chi connectivity index (χ2n) is 2.52. The van der Waals surface area contributed by atoms with Gasteiger partial charge in [0, 0.05) is 9.76 Å². The Hall–Kier alpha value is -0.100. The number of halogens is 2. The van der Waals surface area contributed by atoms with Gasteiger partial charge in [-0.1, -0.05) is 56.7 Å². The normalized spacial score (nSPS) is 10.0. The summed E-state index contributed by atoms with van der Waals surface area (Å²) in [7, 11) is 0. The van der Waals surface area contributed by atoms with Crippen molar-refractivity contribution in [2.45, 2.75) is 9.76 Å². The second-order valence-corrected chi connectivity index (χ2v) is 3.85. The van der Waals surface area contributed by atoms with Crippen LogP contribution in [0.1, 0.15) is 21.5 Å². The summed E-state index contributed by atoms with van der Waals surface area (Å²) >= 11 is 5.44. The fourth-order valence-electron chi connectivity index (χ4n) is 1.15. The number of hydrogen-bond acceptors (Lipinski definition) is 1. The van der Waals surface area contributed by atoms with Gasteiger partial charge in [0.05, 0.1) is 5.56 Å². The maximum atomic E-state index is 10.9. The van der Waals surface area contributed by atoms with Gasteiger partial charge < -0.3 is 5.11 Å². The van der Waals surface area contributed by atoms with E-state index in [1.807, 2.05) is 18.2 Å². The first-order valence-electron chi connectivity index (χ1n) is 3.66. The van der Waals surface area contributed by atoms with E-state index in [0.29, 0.717) is 10.9 Å². The van der Waals surface area contributed by atoms with Gasteiger partial charge in [-0.3, -0.25) is 0 Å². The molecule has 0 unspecified atom stereocenters. The van der Waals surface area contributed by atoms with E-state index in [0.717, 1.165) is 15.6 Å². The highest BCUT2D eigenvalue weighted by Crippen LogP contribution is 2.19. The van der Waals surface area contributed by atoms with Crippen molar-refractivity contribution in [2.75, 3.05) is 0 Å². The van der Waals surface area contributed by atoms with Crippen molar-refractivity contribution in [3.63, 3.8) is 0 Å². The van der Waals surface area contributed by atoms with Crippen LogP contribution in [0.15, 0.2) is 18.2 Å². The van der Waals surface area contributed by atoms with Crippen LogP contribution < -0.4 is 0 Å². The Morgan fingerprint density at radius 3 is 2.54 bits per heavy atom. The maximum Gasteiger partial charge on any atom is 0.336 e. The zero-order chi connectivity index (χ0) is 9.84. The summed E-state index contributed by atoms with van der Waals surface area (Å²) in [6, 6.07) is 5.56. The average molecular weight is 355 g/mol. The van der Waals surface area contributed by atoms with E-state index < -0.39 is 5.97 Å². The third-order valence-electron chi connectivity index (χ3n) is 1.74.